The maximum absolute atomic E-state index is 12.5. The van der Waals surface area contributed by atoms with Gasteiger partial charge in [-0.15, -0.1) is 11.3 Å². The summed E-state index contributed by atoms with van der Waals surface area (Å²) in [6, 6.07) is 2.37. The van der Waals surface area contributed by atoms with E-state index in [2.05, 4.69) is 5.32 Å². The summed E-state index contributed by atoms with van der Waals surface area (Å²) in [6.45, 7) is 2.25. The zero-order valence-electron chi connectivity index (χ0n) is 16.2. The van der Waals surface area contributed by atoms with Gasteiger partial charge in [-0.25, -0.2) is 4.79 Å². The van der Waals surface area contributed by atoms with Crippen LogP contribution in [0.3, 0.4) is 0 Å². The first kappa shape index (κ1) is 21.1. The Bertz CT molecular complexity index is 874. The van der Waals surface area contributed by atoms with Gasteiger partial charge in [-0.05, 0) is 50.3 Å². The highest BCUT2D eigenvalue weighted by Crippen LogP contribution is 2.38. The Labute approximate surface area is 172 Å². The number of hydrogen-bond acceptors (Lipinski definition) is 7. The molecule has 0 saturated carbocycles. The number of nitrogens with one attached hydrogen (secondary N) is 1. The predicted octanol–water partition coefficient (Wildman–Crippen LogP) is 0.607. The van der Waals surface area contributed by atoms with Gasteiger partial charge in [-0.1, -0.05) is 0 Å². The van der Waals surface area contributed by atoms with Gasteiger partial charge in [0.05, 0.1) is 30.8 Å². The van der Waals surface area contributed by atoms with Gasteiger partial charge in [-0.3, -0.25) is 4.79 Å². The molecule has 0 spiro atoms. The molecule has 2 heterocycles. The molecule has 3 N–H and O–H groups in total. The number of aryl methyl sites for hydroxylation is 1. The van der Waals surface area contributed by atoms with E-state index in [1.54, 1.807) is 19.1 Å². The van der Waals surface area contributed by atoms with Crippen LogP contribution in [0.2, 0.25) is 0 Å². The molecule has 1 aliphatic carbocycles. The lowest BCUT2D eigenvalue weighted by Gasteiger charge is -2.16. The minimum atomic E-state index is -1.33. The molecule has 29 heavy (non-hydrogen) atoms. The van der Waals surface area contributed by atoms with Crippen molar-refractivity contribution in [3.05, 3.63) is 40.2 Å². The van der Waals surface area contributed by atoms with Crippen LogP contribution in [0.5, 0.6) is 0 Å². The van der Waals surface area contributed by atoms with Crippen LogP contribution < -0.4 is 15.7 Å². The van der Waals surface area contributed by atoms with E-state index >= 15 is 0 Å². The van der Waals surface area contributed by atoms with Crippen LogP contribution in [0.4, 0.5) is 5.00 Å². The molecule has 8 nitrogen and oxygen atoms in total. The van der Waals surface area contributed by atoms with Crippen LogP contribution in [0, 0.1) is 0 Å². The number of esters is 1. The predicted molar refractivity (Wildman–Crippen MR) is 103 cm³/mol. The number of carbonyl (C=O) groups is 3. The summed E-state index contributed by atoms with van der Waals surface area (Å²) in [6.07, 6.45) is 4.87. The van der Waals surface area contributed by atoms with E-state index in [4.69, 9.17) is 9.15 Å². The summed E-state index contributed by atoms with van der Waals surface area (Å²) in [4.78, 5) is 37.5. The summed E-state index contributed by atoms with van der Waals surface area (Å²) in [7, 11) is 0. The third kappa shape index (κ3) is 5.24. The second kappa shape index (κ2) is 9.71. The fraction of sp³-hybridized carbons (Fsp3) is 0.450. The van der Waals surface area contributed by atoms with Gasteiger partial charge in [0, 0.05) is 4.88 Å². The lowest BCUT2D eigenvalue weighted by Crippen LogP contribution is -2.92. The Morgan fingerprint density at radius 3 is 2.83 bits per heavy atom. The SMILES string of the molecule is CCOC(=O)c1c(NC(=O)C[C@@H]([NH2+]Cc2ccco2)C(=O)[O-])sc2c1CCCC2. The first-order valence-electron chi connectivity index (χ1n) is 9.67. The minimum absolute atomic E-state index is 0.241. The molecular weight excluding hydrogens is 396 g/mol. The fourth-order valence-electron chi connectivity index (χ4n) is 3.40. The van der Waals surface area contributed by atoms with E-state index in [9.17, 15) is 19.5 Å². The van der Waals surface area contributed by atoms with Crippen molar-refractivity contribution in [2.75, 3.05) is 11.9 Å². The Balaban J connectivity index is 1.70. The van der Waals surface area contributed by atoms with Gasteiger partial charge in [-0.2, -0.15) is 0 Å². The molecule has 9 heteroatoms. The Morgan fingerprint density at radius 2 is 2.14 bits per heavy atom. The highest BCUT2D eigenvalue weighted by atomic mass is 32.1. The normalized spacial score (nSPS) is 14.1. The molecule has 2 aromatic rings. The number of carboxylic acids is 1. The first-order valence-corrected chi connectivity index (χ1v) is 10.5. The summed E-state index contributed by atoms with van der Waals surface area (Å²) in [5.41, 5.74) is 1.35. The van der Waals surface area contributed by atoms with Crippen molar-refractivity contribution in [1.29, 1.82) is 0 Å². The number of nitrogens with two attached hydrogens (primary N) is 1. The number of quaternary nitrogens is 1. The van der Waals surface area contributed by atoms with Crippen molar-refractivity contribution in [3.8, 4) is 0 Å². The van der Waals surface area contributed by atoms with Crippen LogP contribution in [0.15, 0.2) is 22.8 Å². The topological polar surface area (TPSA) is 125 Å². The van der Waals surface area contributed by atoms with Crippen molar-refractivity contribution < 1.29 is 34.0 Å². The van der Waals surface area contributed by atoms with Crippen LogP contribution in [0.25, 0.3) is 0 Å². The van der Waals surface area contributed by atoms with E-state index in [-0.39, 0.29) is 19.6 Å². The van der Waals surface area contributed by atoms with Crippen LogP contribution in [0.1, 0.15) is 52.7 Å². The molecule has 0 saturated heterocycles. The average Bonchev–Trinajstić information content (AvgIpc) is 3.32. The fourth-order valence-corrected chi connectivity index (χ4v) is 4.69. The number of rotatable bonds is 9. The number of carbonyl (C=O) groups excluding carboxylic acids is 3. The van der Waals surface area contributed by atoms with Gasteiger partial charge in [0.25, 0.3) is 0 Å². The highest BCUT2D eigenvalue weighted by Gasteiger charge is 2.28. The molecule has 0 unspecified atom stereocenters. The second-order valence-corrected chi connectivity index (χ2v) is 7.94. The molecule has 0 fully saturated rings. The molecule has 0 aromatic carbocycles. The quantitative estimate of drug-likeness (QED) is 0.573. The monoisotopic (exact) mass is 420 g/mol. The maximum Gasteiger partial charge on any atom is 0.341 e. The van der Waals surface area contributed by atoms with Crippen molar-refractivity contribution in [2.45, 2.75) is 51.6 Å². The number of amides is 1. The zero-order valence-corrected chi connectivity index (χ0v) is 17.0. The lowest BCUT2D eigenvalue weighted by atomic mass is 9.95. The summed E-state index contributed by atoms with van der Waals surface area (Å²) >= 11 is 1.37. The summed E-state index contributed by atoms with van der Waals surface area (Å²) in [5, 5.41) is 16.1. The Morgan fingerprint density at radius 1 is 1.34 bits per heavy atom. The largest absolute Gasteiger partial charge is 0.544 e. The molecule has 0 bridgehead atoms. The second-order valence-electron chi connectivity index (χ2n) is 6.83. The number of fused-ring (bicyclic) bond motifs is 1. The van der Waals surface area contributed by atoms with Gasteiger partial charge in [0.2, 0.25) is 5.91 Å². The Hall–Kier alpha value is -2.65. The molecule has 0 aliphatic heterocycles. The number of carboxylic acid groups (broad SMARTS) is 1. The van der Waals surface area contributed by atoms with Crippen molar-refractivity contribution in [1.82, 2.24) is 0 Å². The molecule has 156 valence electrons. The number of ether oxygens (including phenoxy) is 1. The van der Waals surface area contributed by atoms with E-state index in [1.807, 2.05) is 0 Å². The van der Waals surface area contributed by atoms with Crippen molar-refractivity contribution >= 4 is 34.2 Å². The molecular formula is C20H24N2O6S. The van der Waals surface area contributed by atoms with Gasteiger partial charge < -0.3 is 29.7 Å². The molecule has 1 atom stereocenters. The maximum atomic E-state index is 12.5. The smallest absolute Gasteiger partial charge is 0.341 e. The van der Waals surface area contributed by atoms with E-state index < -0.39 is 23.9 Å². The average molecular weight is 420 g/mol. The first-order chi connectivity index (χ1) is 14.0. The van der Waals surface area contributed by atoms with Gasteiger partial charge in [0.1, 0.15) is 17.6 Å². The summed E-state index contributed by atoms with van der Waals surface area (Å²) in [5.74, 6) is -1.67. The van der Waals surface area contributed by atoms with Crippen LogP contribution in [-0.4, -0.2) is 30.5 Å². The number of anilines is 1. The van der Waals surface area contributed by atoms with Crippen LogP contribution in [-0.2, 0) is 33.7 Å². The third-order valence-electron chi connectivity index (χ3n) is 4.80. The third-order valence-corrected chi connectivity index (χ3v) is 6.00. The molecule has 1 amide bonds. The number of furan rings is 1. The standard InChI is InChI=1S/C20H24N2O6S/c1-2-27-20(26)17-13-7-3-4-8-15(13)29-18(17)22-16(23)10-14(19(24)25)21-11-12-6-5-9-28-12/h5-6,9,14,21H,2-4,7-8,10-11H2,1H3,(H,22,23)(H,24,25)/t14-/m1/s1. The zero-order chi connectivity index (χ0) is 20.8. The van der Waals surface area contributed by atoms with Gasteiger partial charge >= 0.3 is 5.97 Å². The van der Waals surface area contributed by atoms with Gasteiger partial charge in [0.15, 0.2) is 5.76 Å². The van der Waals surface area contributed by atoms with E-state index in [1.165, 1.54) is 22.9 Å². The number of hydrogen-bond donors (Lipinski definition) is 2. The van der Waals surface area contributed by atoms with Crippen molar-refractivity contribution in [2.24, 2.45) is 0 Å². The van der Waals surface area contributed by atoms with Crippen molar-refractivity contribution in [3.63, 3.8) is 0 Å². The summed E-state index contributed by atoms with van der Waals surface area (Å²) < 4.78 is 10.4. The Kier molecular flexibility index (Phi) is 7.05. The van der Waals surface area contributed by atoms with E-state index in [0.29, 0.717) is 16.3 Å². The molecule has 0 radical (unpaired) electrons. The van der Waals surface area contributed by atoms with E-state index in [0.717, 1.165) is 36.1 Å². The minimum Gasteiger partial charge on any atom is -0.544 e. The highest BCUT2D eigenvalue weighted by molar-refractivity contribution is 7.17. The lowest BCUT2D eigenvalue weighted by molar-refractivity contribution is -0.698. The molecule has 3 rings (SSSR count). The molecule has 2 aromatic heterocycles. The van der Waals surface area contributed by atoms with Crippen LogP contribution >= 0.6 is 11.3 Å². The molecule has 1 aliphatic rings. The number of thiophene rings is 1. The number of aliphatic carboxylic acids is 1.